The number of fused-ring (bicyclic) bond motifs is 2. The summed E-state index contributed by atoms with van der Waals surface area (Å²) >= 11 is 6.29. The molecule has 1 N–H and O–H groups in total. The second-order valence-corrected chi connectivity index (χ2v) is 7.85. The van der Waals surface area contributed by atoms with Crippen molar-refractivity contribution in [2.45, 2.75) is 6.54 Å². The molecule has 2 aliphatic heterocycles. The number of benzene rings is 3. The maximum absolute atomic E-state index is 6.29. The van der Waals surface area contributed by atoms with Crippen LogP contribution < -0.4 is 15.1 Å². The zero-order chi connectivity index (χ0) is 19.6. The highest BCUT2D eigenvalue weighted by Gasteiger charge is 2.23. The van der Waals surface area contributed by atoms with Crippen LogP contribution in [-0.4, -0.2) is 32.4 Å². The van der Waals surface area contributed by atoms with Gasteiger partial charge < -0.3 is 15.1 Å². The van der Waals surface area contributed by atoms with E-state index >= 15 is 0 Å². The fourth-order valence-corrected chi connectivity index (χ4v) is 4.29. The molecule has 2 aliphatic rings. The van der Waals surface area contributed by atoms with Gasteiger partial charge in [-0.05, 0) is 35.9 Å². The number of rotatable bonds is 3. The number of aliphatic imine (C=N–C) groups is 1. The average Bonchev–Trinajstić information content (AvgIpc) is 2.92. The van der Waals surface area contributed by atoms with Crippen LogP contribution in [0.2, 0.25) is 5.02 Å². The summed E-state index contributed by atoms with van der Waals surface area (Å²) in [6.45, 7) is 4.79. The van der Waals surface area contributed by atoms with Gasteiger partial charge in [0.2, 0.25) is 0 Å². The standard InChI is InChI=1S/C24H23ClN4/c25-19-9-10-24-21(15-19)27-16-20-22(28-13-11-26-12-14-28)7-4-8-23(20)29(24)17-18-5-2-1-3-6-18/h1-10,15-16,26H,11-14,17H2. The molecule has 0 amide bonds. The number of hydrogen-bond acceptors (Lipinski definition) is 4. The fraction of sp³-hybridized carbons (Fsp3) is 0.208. The Hall–Kier alpha value is -2.82. The molecule has 29 heavy (non-hydrogen) atoms. The van der Waals surface area contributed by atoms with Crippen molar-refractivity contribution in [3.05, 3.63) is 82.9 Å². The van der Waals surface area contributed by atoms with Crippen LogP contribution in [0.25, 0.3) is 0 Å². The van der Waals surface area contributed by atoms with Crippen molar-refractivity contribution in [1.82, 2.24) is 5.32 Å². The maximum Gasteiger partial charge on any atom is 0.0881 e. The molecule has 4 nitrogen and oxygen atoms in total. The fourth-order valence-electron chi connectivity index (χ4n) is 4.12. The van der Waals surface area contributed by atoms with Gasteiger partial charge in [-0.25, -0.2) is 0 Å². The molecule has 0 saturated carbocycles. The van der Waals surface area contributed by atoms with Crippen LogP contribution in [0.15, 0.2) is 71.7 Å². The van der Waals surface area contributed by atoms with E-state index in [1.54, 1.807) is 0 Å². The molecular weight excluding hydrogens is 380 g/mol. The van der Waals surface area contributed by atoms with Crippen molar-refractivity contribution in [2.75, 3.05) is 36.0 Å². The smallest absolute Gasteiger partial charge is 0.0881 e. The van der Waals surface area contributed by atoms with E-state index < -0.39 is 0 Å². The Labute approximate surface area is 176 Å². The highest BCUT2D eigenvalue weighted by atomic mass is 35.5. The molecule has 0 radical (unpaired) electrons. The van der Waals surface area contributed by atoms with E-state index in [0.717, 1.165) is 49.7 Å². The topological polar surface area (TPSA) is 30.9 Å². The quantitative estimate of drug-likeness (QED) is 0.657. The molecule has 5 heteroatoms. The van der Waals surface area contributed by atoms with Gasteiger partial charge >= 0.3 is 0 Å². The Kier molecular flexibility index (Phi) is 4.96. The first-order valence-electron chi connectivity index (χ1n) is 10.0. The molecule has 146 valence electrons. The minimum Gasteiger partial charge on any atom is -0.368 e. The monoisotopic (exact) mass is 402 g/mol. The minimum absolute atomic E-state index is 0.703. The van der Waals surface area contributed by atoms with Crippen molar-refractivity contribution in [3.63, 3.8) is 0 Å². The third kappa shape index (κ3) is 3.61. The molecule has 5 rings (SSSR count). The number of nitrogens with one attached hydrogen (secondary N) is 1. The number of nitrogens with zero attached hydrogens (tertiary/aromatic N) is 3. The zero-order valence-corrected chi connectivity index (χ0v) is 16.9. The summed E-state index contributed by atoms with van der Waals surface area (Å²) in [4.78, 5) is 9.65. The summed E-state index contributed by atoms with van der Waals surface area (Å²) in [6, 6.07) is 23.1. The van der Waals surface area contributed by atoms with Crippen LogP contribution in [0.5, 0.6) is 0 Å². The Balaban J connectivity index is 1.65. The summed E-state index contributed by atoms with van der Waals surface area (Å²) in [7, 11) is 0. The van der Waals surface area contributed by atoms with Crippen LogP contribution in [0, 0.1) is 0 Å². The summed E-state index contributed by atoms with van der Waals surface area (Å²) in [6.07, 6.45) is 2.01. The third-order valence-corrected chi connectivity index (χ3v) is 5.79. The summed E-state index contributed by atoms with van der Waals surface area (Å²) in [5.74, 6) is 0. The van der Waals surface area contributed by atoms with E-state index in [2.05, 4.69) is 69.7 Å². The van der Waals surface area contributed by atoms with Crippen molar-refractivity contribution < 1.29 is 0 Å². The summed E-state index contributed by atoms with van der Waals surface area (Å²) in [5.41, 5.74) is 6.81. The summed E-state index contributed by atoms with van der Waals surface area (Å²) in [5, 5.41) is 4.14. The Morgan fingerprint density at radius 3 is 2.48 bits per heavy atom. The highest BCUT2D eigenvalue weighted by Crippen LogP contribution is 2.42. The summed E-state index contributed by atoms with van der Waals surface area (Å²) < 4.78 is 0. The lowest BCUT2D eigenvalue weighted by Crippen LogP contribution is -2.44. The van der Waals surface area contributed by atoms with Crippen LogP contribution in [0.4, 0.5) is 22.7 Å². The normalized spacial score (nSPS) is 15.6. The van der Waals surface area contributed by atoms with E-state index in [9.17, 15) is 0 Å². The van der Waals surface area contributed by atoms with Crippen molar-refractivity contribution >= 4 is 40.6 Å². The van der Waals surface area contributed by atoms with E-state index in [0.29, 0.717) is 5.02 Å². The predicted molar refractivity (Wildman–Crippen MR) is 123 cm³/mol. The van der Waals surface area contributed by atoms with Crippen molar-refractivity contribution in [2.24, 2.45) is 4.99 Å². The van der Waals surface area contributed by atoms with Gasteiger partial charge in [0.15, 0.2) is 0 Å². The lowest BCUT2D eigenvalue weighted by Gasteiger charge is -2.33. The highest BCUT2D eigenvalue weighted by molar-refractivity contribution is 6.31. The zero-order valence-electron chi connectivity index (χ0n) is 16.2. The van der Waals surface area contributed by atoms with E-state index in [1.807, 2.05) is 18.3 Å². The molecule has 0 unspecified atom stereocenters. The molecular formula is C24H23ClN4. The third-order valence-electron chi connectivity index (χ3n) is 5.55. The average molecular weight is 403 g/mol. The number of piperazine rings is 1. The Bertz CT molecular complexity index is 1040. The van der Waals surface area contributed by atoms with E-state index in [4.69, 9.17) is 16.6 Å². The van der Waals surface area contributed by atoms with Crippen LogP contribution in [0.3, 0.4) is 0 Å². The van der Waals surface area contributed by atoms with Gasteiger partial charge in [0.05, 0.1) is 17.1 Å². The number of halogens is 1. The molecule has 0 aliphatic carbocycles. The minimum atomic E-state index is 0.703. The van der Waals surface area contributed by atoms with Gasteiger partial charge in [-0.3, -0.25) is 4.99 Å². The van der Waals surface area contributed by atoms with Gasteiger partial charge in [0.1, 0.15) is 0 Å². The Morgan fingerprint density at radius 1 is 0.862 bits per heavy atom. The first-order chi connectivity index (χ1) is 14.3. The Morgan fingerprint density at radius 2 is 1.66 bits per heavy atom. The van der Waals surface area contributed by atoms with Gasteiger partial charge in [0.25, 0.3) is 0 Å². The first-order valence-corrected chi connectivity index (χ1v) is 10.4. The molecule has 0 aromatic heterocycles. The van der Waals surface area contributed by atoms with Crippen molar-refractivity contribution in [1.29, 1.82) is 0 Å². The van der Waals surface area contributed by atoms with Crippen molar-refractivity contribution in [3.8, 4) is 0 Å². The van der Waals surface area contributed by atoms with Crippen LogP contribution in [0.1, 0.15) is 11.1 Å². The van der Waals surface area contributed by atoms with E-state index in [-0.39, 0.29) is 0 Å². The second-order valence-electron chi connectivity index (χ2n) is 7.41. The number of hydrogen-bond donors (Lipinski definition) is 1. The maximum atomic E-state index is 6.29. The van der Waals surface area contributed by atoms with Crippen LogP contribution in [-0.2, 0) is 6.54 Å². The second kappa shape index (κ2) is 7.90. The molecule has 1 fully saturated rings. The SMILES string of the molecule is Clc1ccc2c(c1)N=Cc1c(N3CCNCC3)cccc1N2Cc1ccccc1. The van der Waals surface area contributed by atoms with Gasteiger partial charge in [-0.2, -0.15) is 0 Å². The van der Waals surface area contributed by atoms with E-state index in [1.165, 1.54) is 16.9 Å². The molecule has 0 spiro atoms. The molecule has 3 aromatic rings. The molecule has 0 atom stereocenters. The molecule has 1 saturated heterocycles. The first kappa shape index (κ1) is 18.2. The lowest BCUT2D eigenvalue weighted by molar-refractivity contribution is 0.589. The largest absolute Gasteiger partial charge is 0.368 e. The van der Waals surface area contributed by atoms with Gasteiger partial charge in [-0.1, -0.05) is 48.0 Å². The van der Waals surface area contributed by atoms with Gasteiger partial charge in [-0.15, -0.1) is 0 Å². The molecule has 0 bridgehead atoms. The predicted octanol–water partition coefficient (Wildman–Crippen LogP) is 5.15. The van der Waals surface area contributed by atoms with Crippen LogP contribution >= 0.6 is 11.6 Å². The number of anilines is 3. The molecule has 3 aromatic carbocycles. The lowest BCUT2D eigenvalue weighted by atomic mass is 10.1. The van der Waals surface area contributed by atoms with Gasteiger partial charge in [0, 0.05) is 55.2 Å². The molecule has 2 heterocycles.